The van der Waals surface area contributed by atoms with E-state index in [1.54, 1.807) is 35.8 Å². The highest BCUT2D eigenvalue weighted by molar-refractivity contribution is 7.99. The lowest BCUT2D eigenvalue weighted by Crippen LogP contribution is -2.22. The Morgan fingerprint density at radius 2 is 1.73 bits per heavy atom. The minimum absolute atomic E-state index is 0.0225. The minimum Gasteiger partial charge on any atom is -0.325 e. The highest BCUT2D eigenvalue weighted by Gasteiger charge is 2.21. The maximum atomic E-state index is 14.6. The van der Waals surface area contributed by atoms with Crippen LogP contribution in [0.25, 0.3) is 17.1 Å². The van der Waals surface area contributed by atoms with Gasteiger partial charge in [-0.25, -0.2) is 17.1 Å². The van der Waals surface area contributed by atoms with E-state index in [1.165, 1.54) is 32.3 Å². The van der Waals surface area contributed by atoms with Crippen molar-refractivity contribution in [1.29, 1.82) is 0 Å². The van der Waals surface area contributed by atoms with E-state index >= 15 is 0 Å². The van der Waals surface area contributed by atoms with E-state index in [9.17, 15) is 17.6 Å². The first kappa shape index (κ1) is 26.5. The van der Waals surface area contributed by atoms with E-state index < -0.39 is 15.8 Å². The number of anilines is 1. The molecule has 0 saturated heterocycles. The number of thioether (sulfide) groups is 1. The third kappa shape index (κ3) is 5.74. The van der Waals surface area contributed by atoms with E-state index in [1.807, 2.05) is 31.2 Å². The molecule has 0 spiro atoms. The molecule has 0 bridgehead atoms. The molecule has 0 radical (unpaired) electrons. The highest BCUT2D eigenvalue weighted by Crippen LogP contribution is 2.30. The molecule has 4 rings (SSSR count). The molecule has 37 heavy (non-hydrogen) atoms. The van der Waals surface area contributed by atoms with Gasteiger partial charge in [0.2, 0.25) is 15.9 Å². The van der Waals surface area contributed by atoms with Crippen molar-refractivity contribution in [3.8, 4) is 17.1 Å². The maximum absolute atomic E-state index is 14.6. The summed E-state index contributed by atoms with van der Waals surface area (Å²) in [7, 11) is -0.753. The first-order chi connectivity index (χ1) is 17.6. The van der Waals surface area contributed by atoms with Crippen molar-refractivity contribution in [2.45, 2.75) is 23.9 Å². The summed E-state index contributed by atoms with van der Waals surface area (Å²) < 4.78 is 42.4. The monoisotopic (exact) mass is 539 g/mol. The number of carbonyl (C=O) groups is 1. The summed E-state index contributed by atoms with van der Waals surface area (Å²) in [6.45, 7) is 3.75. The molecule has 192 valence electrons. The quantitative estimate of drug-likeness (QED) is 0.327. The van der Waals surface area contributed by atoms with Crippen LogP contribution < -0.4 is 5.32 Å². The van der Waals surface area contributed by atoms with Crippen LogP contribution in [-0.2, 0) is 14.8 Å². The van der Waals surface area contributed by atoms with Crippen molar-refractivity contribution in [2.24, 2.45) is 0 Å². The second kappa shape index (κ2) is 10.8. The van der Waals surface area contributed by atoms with Gasteiger partial charge in [0, 0.05) is 25.5 Å². The number of benzene rings is 3. The zero-order chi connectivity index (χ0) is 26.7. The standard InChI is InChI=1S/C26H26FN5O3S2/c1-17-9-12-19(13-10-17)32-25(21-7-5-6-8-22(21)27)29-30-26(32)36-16-24(33)28-23-15-20(14-11-18(23)2)37(34,35)31(3)4/h5-15H,16H2,1-4H3,(H,28,33). The number of hydrogen-bond acceptors (Lipinski definition) is 6. The largest absolute Gasteiger partial charge is 0.325 e. The summed E-state index contributed by atoms with van der Waals surface area (Å²) >= 11 is 1.14. The van der Waals surface area contributed by atoms with Gasteiger partial charge in [-0.05, 0) is 55.8 Å². The summed E-state index contributed by atoms with van der Waals surface area (Å²) in [6, 6.07) is 18.5. The van der Waals surface area contributed by atoms with Gasteiger partial charge in [0.1, 0.15) is 5.82 Å². The number of aryl methyl sites for hydroxylation is 2. The molecule has 1 N–H and O–H groups in total. The Morgan fingerprint density at radius 1 is 1.03 bits per heavy atom. The zero-order valence-corrected chi connectivity index (χ0v) is 22.4. The van der Waals surface area contributed by atoms with Gasteiger partial charge in [-0.1, -0.05) is 47.7 Å². The van der Waals surface area contributed by atoms with Gasteiger partial charge in [-0.3, -0.25) is 9.36 Å². The van der Waals surface area contributed by atoms with Gasteiger partial charge in [-0.15, -0.1) is 10.2 Å². The smallest absolute Gasteiger partial charge is 0.242 e. The van der Waals surface area contributed by atoms with Gasteiger partial charge >= 0.3 is 0 Å². The molecule has 0 aliphatic carbocycles. The third-order valence-electron chi connectivity index (χ3n) is 5.63. The van der Waals surface area contributed by atoms with Crippen LogP contribution in [0.2, 0.25) is 0 Å². The molecule has 0 aliphatic rings. The number of sulfonamides is 1. The fourth-order valence-corrected chi connectivity index (χ4v) is 5.21. The minimum atomic E-state index is -3.65. The average molecular weight is 540 g/mol. The van der Waals surface area contributed by atoms with E-state index in [0.717, 1.165) is 32.9 Å². The maximum Gasteiger partial charge on any atom is 0.242 e. The van der Waals surface area contributed by atoms with Crippen molar-refractivity contribution in [3.63, 3.8) is 0 Å². The number of hydrogen-bond donors (Lipinski definition) is 1. The first-order valence-electron chi connectivity index (χ1n) is 11.3. The number of halogens is 1. The highest BCUT2D eigenvalue weighted by atomic mass is 32.2. The summed E-state index contributed by atoms with van der Waals surface area (Å²) in [4.78, 5) is 12.9. The average Bonchev–Trinajstić information content (AvgIpc) is 3.28. The molecule has 0 aliphatic heterocycles. The molecule has 0 fully saturated rings. The van der Waals surface area contributed by atoms with Crippen molar-refractivity contribution >= 4 is 33.4 Å². The molecule has 1 amide bonds. The van der Waals surface area contributed by atoms with Crippen molar-refractivity contribution in [1.82, 2.24) is 19.1 Å². The Balaban J connectivity index is 1.60. The lowest BCUT2D eigenvalue weighted by molar-refractivity contribution is -0.113. The van der Waals surface area contributed by atoms with E-state index in [0.29, 0.717) is 22.2 Å². The fraction of sp³-hybridized carbons (Fsp3) is 0.192. The molecular weight excluding hydrogens is 513 g/mol. The van der Waals surface area contributed by atoms with E-state index in [4.69, 9.17) is 0 Å². The predicted molar refractivity (Wildman–Crippen MR) is 143 cm³/mol. The van der Waals surface area contributed by atoms with Gasteiger partial charge in [0.15, 0.2) is 11.0 Å². The predicted octanol–water partition coefficient (Wildman–Crippen LogP) is 4.67. The fourth-order valence-electron chi connectivity index (χ4n) is 3.53. The van der Waals surface area contributed by atoms with E-state index in [2.05, 4.69) is 15.5 Å². The molecule has 3 aromatic carbocycles. The number of rotatable bonds is 8. The Bertz CT molecular complexity index is 1550. The summed E-state index contributed by atoms with van der Waals surface area (Å²) in [5, 5.41) is 11.7. The molecule has 0 saturated carbocycles. The number of nitrogens with zero attached hydrogens (tertiary/aromatic N) is 4. The lowest BCUT2D eigenvalue weighted by Gasteiger charge is -2.14. The van der Waals surface area contributed by atoms with Crippen molar-refractivity contribution in [2.75, 3.05) is 25.2 Å². The molecule has 0 atom stereocenters. The normalized spacial score (nSPS) is 11.6. The third-order valence-corrected chi connectivity index (χ3v) is 8.37. The Kier molecular flexibility index (Phi) is 7.76. The number of nitrogens with one attached hydrogen (secondary N) is 1. The second-order valence-corrected chi connectivity index (χ2v) is 11.7. The Hall–Kier alpha value is -3.54. The van der Waals surface area contributed by atoms with Crippen LogP contribution in [-0.4, -0.2) is 53.2 Å². The second-order valence-electron chi connectivity index (χ2n) is 8.56. The summed E-state index contributed by atoms with van der Waals surface area (Å²) in [5.41, 5.74) is 3.21. The SMILES string of the molecule is Cc1ccc(-n2c(SCC(=O)Nc3cc(S(=O)(=O)N(C)C)ccc3C)nnc2-c2ccccc2F)cc1. The van der Waals surface area contributed by atoms with E-state index in [-0.39, 0.29) is 16.6 Å². The van der Waals surface area contributed by atoms with Crippen LogP contribution in [0.15, 0.2) is 76.8 Å². The molecule has 4 aromatic rings. The van der Waals surface area contributed by atoms with Gasteiger partial charge in [0.25, 0.3) is 0 Å². The molecule has 0 unspecified atom stereocenters. The van der Waals surface area contributed by atoms with Crippen LogP contribution in [0.1, 0.15) is 11.1 Å². The van der Waals surface area contributed by atoms with Crippen LogP contribution >= 0.6 is 11.8 Å². The van der Waals surface area contributed by atoms with Crippen molar-refractivity contribution in [3.05, 3.63) is 83.7 Å². The van der Waals surface area contributed by atoms with Gasteiger partial charge < -0.3 is 5.32 Å². The molecule has 8 nitrogen and oxygen atoms in total. The van der Waals surface area contributed by atoms with Crippen LogP contribution in [0, 0.1) is 19.7 Å². The lowest BCUT2D eigenvalue weighted by atomic mass is 10.2. The Morgan fingerprint density at radius 3 is 2.41 bits per heavy atom. The van der Waals surface area contributed by atoms with Crippen LogP contribution in [0.5, 0.6) is 0 Å². The number of carbonyl (C=O) groups excluding carboxylic acids is 1. The van der Waals surface area contributed by atoms with Crippen LogP contribution in [0.4, 0.5) is 10.1 Å². The first-order valence-corrected chi connectivity index (χ1v) is 13.7. The summed E-state index contributed by atoms with van der Waals surface area (Å²) in [6.07, 6.45) is 0. The van der Waals surface area contributed by atoms with Crippen LogP contribution in [0.3, 0.4) is 0 Å². The van der Waals surface area contributed by atoms with Gasteiger partial charge in [-0.2, -0.15) is 0 Å². The molecule has 1 aromatic heterocycles. The zero-order valence-electron chi connectivity index (χ0n) is 20.8. The number of aromatic nitrogens is 3. The topological polar surface area (TPSA) is 97.2 Å². The Labute approximate surface area is 219 Å². The summed E-state index contributed by atoms with van der Waals surface area (Å²) in [5.74, 6) is -0.480. The molecule has 11 heteroatoms. The van der Waals surface area contributed by atoms with Crippen molar-refractivity contribution < 1.29 is 17.6 Å². The molecule has 1 heterocycles. The molecular formula is C26H26FN5O3S2. The number of amides is 1. The van der Waals surface area contributed by atoms with Gasteiger partial charge in [0.05, 0.1) is 16.2 Å².